The molecule has 1 N–H and O–H groups in total. The van der Waals surface area contributed by atoms with Gasteiger partial charge in [0.25, 0.3) is 5.78 Å². The molecule has 0 atom stereocenters. The van der Waals surface area contributed by atoms with Crippen molar-refractivity contribution in [2.45, 2.75) is 26.2 Å². The highest BCUT2D eigenvalue weighted by atomic mass is 16.2. The highest BCUT2D eigenvalue weighted by Gasteiger charge is 2.34. The lowest BCUT2D eigenvalue weighted by Gasteiger charge is -2.13. The molecule has 4 nitrogen and oxygen atoms in total. The number of nitrogens with zero attached hydrogens (tertiary/aromatic N) is 1. The molecule has 96 valence electrons. The van der Waals surface area contributed by atoms with Gasteiger partial charge in [0.1, 0.15) is 17.2 Å². The van der Waals surface area contributed by atoms with E-state index in [0.29, 0.717) is 17.0 Å². The van der Waals surface area contributed by atoms with Crippen molar-refractivity contribution >= 4 is 11.6 Å². The number of aromatic amines is 1. The average Bonchev–Trinajstić information content (AvgIpc) is 2.81. The van der Waals surface area contributed by atoms with E-state index in [1.807, 2.05) is 32.9 Å². The van der Waals surface area contributed by atoms with Gasteiger partial charge in [-0.05, 0) is 0 Å². The summed E-state index contributed by atoms with van der Waals surface area (Å²) >= 11 is 0. The van der Waals surface area contributed by atoms with Gasteiger partial charge in [0, 0.05) is 16.5 Å². The molecular formula is C15H14N2O2. The molecule has 0 spiro atoms. The summed E-state index contributed by atoms with van der Waals surface area (Å²) in [5.41, 5.74) is 1.87. The number of Topliss-reactive ketones (excluding diaryl/α,β-unsaturated/α-hetero) is 2. The molecule has 4 heteroatoms. The smallest absolute Gasteiger partial charge is 0.251 e. The largest absolute Gasteiger partial charge is 0.338 e. The summed E-state index contributed by atoms with van der Waals surface area (Å²) < 4.78 is 0. The molecule has 1 aliphatic carbocycles. The van der Waals surface area contributed by atoms with Gasteiger partial charge in [0.05, 0.1) is 0 Å². The van der Waals surface area contributed by atoms with Crippen molar-refractivity contribution in [3.63, 3.8) is 0 Å². The third-order valence-electron chi connectivity index (χ3n) is 3.27. The van der Waals surface area contributed by atoms with Crippen LogP contribution in [-0.2, 0) is 5.41 Å². The number of hydrogen-bond acceptors (Lipinski definition) is 3. The Hall–Kier alpha value is -2.23. The molecule has 1 heterocycles. The average molecular weight is 254 g/mol. The Balaban J connectivity index is 2.30. The molecule has 2 aromatic rings. The molecular weight excluding hydrogens is 240 g/mol. The normalized spacial score (nSPS) is 14.3. The van der Waals surface area contributed by atoms with Crippen LogP contribution in [0, 0.1) is 0 Å². The second-order valence-corrected chi connectivity index (χ2v) is 5.76. The van der Waals surface area contributed by atoms with E-state index in [-0.39, 0.29) is 5.41 Å². The van der Waals surface area contributed by atoms with Crippen molar-refractivity contribution in [3.8, 4) is 11.3 Å². The van der Waals surface area contributed by atoms with E-state index >= 15 is 0 Å². The molecule has 0 radical (unpaired) electrons. The molecule has 0 saturated carbocycles. The summed E-state index contributed by atoms with van der Waals surface area (Å²) in [5, 5.41) is 0. The molecule has 0 saturated heterocycles. The van der Waals surface area contributed by atoms with E-state index in [2.05, 4.69) is 9.97 Å². The van der Waals surface area contributed by atoms with Crippen molar-refractivity contribution in [1.29, 1.82) is 0 Å². The van der Waals surface area contributed by atoms with Gasteiger partial charge in [-0.25, -0.2) is 4.98 Å². The number of ketones is 2. The van der Waals surface area contributed by atoms with Gasteiger partial charge >= 0.3 is 0 Å². The second kappa shape index (κ2) is 3.63. The summed E-state index contributed by atoms with van der Waals surface area (Å²) in [5.74, 6) is -0.251. The van der Waals surface area contributed by atoms with Crippen molar-refractivity contribution < 1.29 is 9.59 Å². The summed E-state index contributed by atoms with van der Waals surface area (Å²) in [6, 6.07) is 7.10. The lowest BCUT2D eigenvalue weighted by molar-refractivity contribution is 0.0812. The Morgan fingerprint density at radius 2 is 1.63 bits per heavy atom. The number of aromatic nitrogens is 2. The van der Waals surface area contributed by atoms with Crippen LogP contribution in [0.5, 0.6) is 0 Å². The number of H-pyrrole nitrogens is 1. The summed E-state index contributed by atoms with van der Waals surface area (Å²) in [6.45, 7) is 6.03. The molecule has 1 aromatic carbocycles. The number of benzene rings is 1. The van der Waals surface area contributed by atoms with Gasteiger partial charge in [0.2, 0.25) is 5.78 Å². The predicted octanol–water partition coefficient (Wildman–Crippen LogP) is 2.75. The van der Waals surface area contributed by atoms with Crippen LogP contribution < -0.4 is 0 Å². The molecule has 3 rings (SSSR count). The first-order valence-corrected chi connectivity index (χ1v) is 6.18. The Labute approximate surface area is 110 Å². The van der Waals surface area contributed by atoms with E-state index in [4.69, 9.17) is 0 Å². The monoisotopic (exact) mass is 254 g/mol. The molecule has 0 aliphatic heterocycles. The fraction of sp³-hybridized carbons (Fsp3) is 0.267. The maximum absolute atomic E-state index is 12.1. The van der Waals surface area contributed by atoms with Gasteiger partial charge in [-0.3, -0.25) is 9.59 Å². The zero-order chi connectivity index (χ0) is 13.8. The Morgan fingerprint density at radius 3 is 2.26 bits per heavy atom. The van der Waals surface area contributed by atoms with Crippen LogP contribution in [0.4, 0.5) is 0 Å². The Morgan fingerprint density at radius 1 is 1.00 bits per heavy atom. The first kappa shape index (κ1) is 11.8. The first-order valence-electron chi connectivity index (χ1n) is 6.18. The summed E-state index contributed by atoms with van der Waals surface area (Å²) in [6.07, 6.45) is 0. The number of rotatable bonds is 0. The molecule has 19 heavy (non-hydrogen) atoms. The molecule has 1 aliphatic rings. The maximum atomic E-state index is 12.1. The van der Waals surface area contributed by atoms with Gasteiger partial charge < -0.3 is 4.98 Å². The highest BCUT2D eigenvalue weighted by molar-refractivity contribution is 6.52. The van der Waals surface area contributed by atoms with Crippen molar-refractivity contribution in [1.82, 2.24) is 9.97 Å². The van der Waals surface area contributed by atoms with Crippen LogP contribution in [0.15, 0.2) is 24.3 Å². The lowest BCUT2D eigenvalue weighted by Crippen LogP contribution is -2.21. The third kappa shape index (κ3) is 1.63. The predicted molar refractivity (Wildman–Crippen MR) is 71.4 cm³/mol. The Kier molecular flexibility index (Phi) is 2.26. The van der Waals surface area contributed by atoms with Gasteiger partial charge in [-0.1, -0.05) is 45.0 Å². The van der Waals surface area contributed by atoms with Crippen LogP contribution in [0.2, 0.25) is 0 Å². The minimum Gasteiger partial charge on any atom is -0.338 e. The molecule has 0 fully saturated rings. The number of imidazole rings is 1. The van der Waals surface area contributed by atoms with Crippen molar-refractivity contribution in [3.05, 3.63) is 41.3 Å². The number of nitrogens with one attached hydrogen (secondary N) is 1. The number of carbonyl (C=O) groups is 2. The number of fused-ring (bicyclic) bond motifs is 3. The van der Waals surface area contributed by atoms with E-state index in [9.17, 15) is 9.59 Å². The summed E-state index contributed by atoms with van der Waals surface area (Å²) in [4.78, 5) is 31.7. The number of carbonyl (C=O) groups excluding carboxylic acids is 2. The first-order chi connectivity index (χ1) is 8.89. The van der Waals surface area contributed by atoms with Gasteiger partial charge in [0.15, 0.2) is 0 Å². The fourth-order valence-electron chi connectivity index (χ4n) is 2.21. The zero-order valence-electron chi connectivity index (χ0n) is 11.1. The van der Waals surface area contributed by atoms with Crippen molar-refractivity contribution in [2.24, 2.45) is 0 Å². The fourth-order valence-corrected chi connectivity index (χ4v) is 2.21. The minimum absolute atomic E-state index is 0.199. The summed E-state index contributed by atoms with van der Waals surface area (Å²) in [7, 11) is 0. The highest BCUT2D eigenvalue weighted by Crippen LogP contribution is 2.33. The topological polar surface area (TPSA) is 62.8 Å². The van der Waals surface area contributed by atoms with Gasteiger partial charge in [-0.2, -0.15) is 0 Å². The van der Waals surface area contributed by atoms with Crippen LogP contribution in [0.3, 0.4) is 0 Å². The molecule has 0 amide bonds. The molecule has 0 bridgehead atoms. The van der Waals surface area contributed by atoms with E-state index < -0.39 is 11.6 Å². The van der Waals surface area contributed by atoms with Gasteiger partial charge in [-0.15, -0.1) is 0 Å². The van der Waals surface area contributed by atoms with Crippen molar-refractivity contribution in [2.75, 3.05) is 0 Å². The minimum atomic E-state index is -0.503. The molecule has 1 aromatic heterocycles. The van der Waals surface area contributed by atoms with E-state index in [1.165, 1.54) is 0 Å². The standard InChI is InChI=1S/C15H14N2O2/c1-15(2,3)14-16-10-8-6-4-5-7-9(8)12(18)13(19)11(10)17-14/h4-7H,1-3H3,(H,16,17). The van der Waals surface area contributed by atoms with Crippen LogP contribution in [-0.4, -0.2) is 21.5 Å². The third-order valence-corrected chi connectivity index (χ3v) is 3.27. The number of hydrogen-bond donors (Lipinski definition) is 1. The lowest BCUT2D eigenvalue weighted by atomic mass is 9.90. The molecule has 0 unspecified atom stereocenters. The van der Waals surface area contributed by atoms with E-state index in [0.717, 1.165) is 11.4 Å². The van der Waals surface area contributed by atoms with Crippen LogP contribution in [0.1, 0.15) is 47.4 Å². The SMILES string of the molecule is CC(C)(C)c1nc2c([nH]1)C(=O)C(=O)c1ccccc1-2. The second-order valence-electron chi connectivity index (χ2n) is 5.76. The maximum Gasteiger partial charge on any atom is 0.251 e. The van der Waals surface area contributed by atoms with Crippen LogP contribution in [0.25, 0.3) is 11.3 Å². The quantitative estimate of drug-likeness (QED) is 0.735. The zero-order valence-corrected chi connectivity index (χ0v) is 11.1. The Bertz CT molecular complexity index is 705. The van der Waals surface area contributed by atoms with E-state index in [1.54, 1.807) is 12.1 Å². The van der Waals surface area contributed by atoms with Crippen LogP contribution >= 0.6 is 0 Å².